The van der Waals surface area contributed by atoms with Crippen molar-refractivity contribution in [2.45, 2.75) is 38.8 Å². The zero-order valence-electron chi connectivity index (χ0n) is 15.6. The van der Waals surface area contributed by atoms with Crippen LogP contribution in [0.25, 0.3) is 0 Å². The number of hydrogen-bond donors (Lipinski definition) is 1. The van der Waals surface area contributed by atoms with Crippen LogP contribution in [-0.2, 0) is 6.54 Å². The summed E-state index contributed by atoms with van der Waals surface area (Å²) in [6.45, 7) is 4.33. The Kier molecular flexibility index (Phi) is 6.17. The molecule has 138 valence electrons. The third kappa shape index (κ3) is 5.02. The molecule has 1 saturated heterocycles. The number of amides is 2. The van der Waals surface area contributed by atoms with Crippen molar-refractivity contribution >= 4 is 11.7 Å². The number of pyridine rings is 2. The minimum absolute atomic E-state index is 0.0244. The van der Waals surface area contributed by atoms with Crippen LogP contribution >= 0.6 is 0 Å². The molecule has 0 bridgehead atoms. The van der Waals surface area contributed by atoms with Crippen molar-refractivity contribution in [3.8, 4) is 0 Å². The molecule has 6 heteroatoms. The van der Waals surface area contributed by atoms with Crippen LogP contribution in [0, 0.1) is 6.92 Å². The molecule has 1 atom stereocenters. The number of rotatable bonds is 4. The summed E-state index contributed by atoms with van der Waals surface area (Å²) in [5, 5.41) is 2.99. The highest BCUT2D eigenvalue weighted by Gasteiger charge is 2.23. The maximum atomic E-state index is 12.6. The van der Waals surface area contributed by atoms with E-state index in [1.165, 1.54) is 0 Å². The van der Waals surface area contributed by atoms with Crippen molar-refractivity contribution in [2.75, 3.05) is 25.5 Å². The minimum Gasteiger partial charge on any atom is -0.324 e. The highest BCUT2D eigenvalue weighted by atomic mass is 16.2. The Labute approximate surface area is 155 Å². The summed E-state index contributed by atoms with van der Waals surface area (Å²) in [6, 6.07) is 10.2. The molecule has 0 aromatic carbocycles. The second-order valence-corrected chi connectivity index (χ2v) is 6.92. The van der Waals surface area contributed by atoms with E-state index < -0.39 is 0 Å². The molecule has 2 amide bonds. The third-order valence-electron chi connectivity index (χ3n) is 4.89. The molecular weight excluding hydrogens is 326 g/mol. The maximum Gasteiger partial charge on any atom is 0.321 e. The Morgan fingerprint density at radius 3 is 2.88 bits per heavy atom. The Bertz CT molecular complexity index is 721. The van der Waals surface area contributed by atoms with Gasteiger partial charge in [0.2, 0.25) is 0 Å². The Balaban J connectivity index is 1.53. The number of anilines is 1. The van der Waals surface area contributed by atoms with Gasteiger partial charge < -0.3 is 10.2 Å². The Morgan fingerprint density at radius 2 is 2.12 bits per heavy atom. The van der Waals surface area contributed by atoms with Gasteiger partial charge in [-0.1, -0.05) is 6.07 Å². The fraction of sp³-hybridized carbons (Fsp3) is 0.450. The predicted molar refractivity (Wildman–Crippen MR) is 103 cm³/mol. The zero-order chi connectivity index (χ0) is 18.4. The number of nitrogens with one attached hydrogen (secondary N) is 1. The number of carbonyl (C=O) groups is 1. The quantitative estimate of drug-likeness (QED) is 0.916. The van der Waals surface area contributed by atoms with E-state index in [0.717, 1.165) is 56.0 Å². The van der Waals surface area contributed by atoms with E-state index in [9.17, 15) is 4.79 Å². The summed E-state index contributed by atoms with van der Waals surface area (Å²) < 4.78 is 0. The van der Waals surface area contributed by atoms with Crippen LogP contribution in [0.4, 0.5) is 10.5 Å². The van der Waals surface area contributed by atoms with Crippen LogP contribution < -0.4 is 5.32 Å². The summed E-state index contributed by atoms with van der Waals surface area (Å²) >= 11 is 0. The van der Waals surface area contributed by atoms with Gasteiger partial charge in [0.05, 0.1) is 5.69 Å². The molecule has 0 saturated carbocycles. The van der Waals surface area contributed by atoms with Gasteiger partial charge in [-0.25, -0.2) is 4.79 Å². The standard InChI is InChI=1S/C20H27N5O/c1-16-14-17(8-11-21-16)23-20(26)25-12-5-7-19(9-13-25)24(2)15-18-6-3-4-10-22-18/h3-4,6,8,10-11,14,19H,5,7,9,12-13,15H2,1-2H3,(H,21,23,26)/t19-/m1/s1. The lowest BCUT2D eigenvalue weighted by Crippen LogP contribution is -2.37. The van der Waals surface area contributed by atoms with Crippen LogP contribution in [0.1, 0.15) is 30.7 Å². The van der Waals surface area contributed by atoms with Gasteiger partial charge in [0.1, 0.15) is 0 Å². The molecule has 1 aliphatic rings. The second-order valence-electron chi connectivity index (χ2n) is 6.92. The van der Waals surface area contributed by atoms with Gasteiger partial charge in [-0.3, -0.25) is 14.9 Å². The molecule has 1 aliphatic heterocycles. The molecule has 0 radical (unpaired) electrons. The fourth-order valence-electron chi connectivity index (χ4n) is 3.42. The van der Waals surface area contributed by atoms with E-state index in [-0.39, 0.29) is 6.03 Å². The van der Waals surface area contributed by atoms with Gasteiger partial charge in [-0.15, -0.1) is 0 Å². The number of carbonyl (C=O) groups excluding carboxylic acids is 1. The average Bonchev–Trinajstić information content (AvgIpc) is 2.89. The number of hydrogen-bond acceptors (Lipinski definition) is 4. The SMILES string of the molecule is Cc1cc(NC(=O)N2CCC[C@@H](N(C)Cc3ccccn3)CC2)ccn1. The smallest absolute Gasteiger partial charge is 0.321 e. The Morgan fingerprint density at radius 1 is 1.23 bits per heavy atom. The van der Waals surface area contributed by atoms with E-state index >= 15 is 0 Å². The first-order valence-electron chi connectivity index (χ1n) is 9.20. The third-order valence-corrected chi connectivity index (χ3v) is 4.89. The number of likely N-dealkylation sites (tertiary alicyclic amines) is 1. The fourth-order valence-corrected chi connectivity index (χ4v) is 3.42. The van der Waals surface area contributed by atoms with Gasteiger partial charge >= 0.3 is 6.03 Å². The largest absolute Gasteiger partial charge is 0.324 e. The van der Waals surface area contributed by atoms with Crippen molar-refractivity contribution in [1.29, 1.82) is 0 Å². The molecule has 2 aromatic rings. The molecule has 3 rings (SSSR count). The normalized spacial score (nSPS) is 17.8. The van der Waals surface area contributed by atoms with Crippen LogP contribution in [-0.4, -0.2) is 52.0 Å². The molecule has 0 spiro atoms. The summed E-state index contributed by atoms with van der Waals surface area (Å²) in [5.74, 6) is 0. The van der Waals surface area contributed by atoms with E-state index in [0.29, 0.717) is 6.04 Å². The van der Waals surface area contributed by atoms with Crippen molar-refractivity contribution < 1.29 is 4.79 Å². The molecule has 1 fully saturated rings. The molecule has 1 N–H and O–H groups in total. The van der Waals surface area contributed by atoms with E-state index in [4.69, 9.17) is 0 Å². The topological polar surface area (TPSA) is 61.4 Å². The van der Waals surface area contributed by atoms with Crippen LogP contribution in [0.3, 0.4) is 0 Å². The molecule has 0 unspecified atom stereocenters. The minimum atomic E-state index is -0.0244. The second kappa shape index (κ2) is 8.76. The van der Waals surface area contributed by atoms with Gasteiger partial charge in [0, 0.05) is 49.5 Å². The Hall–Kier alpha value is -2.47. The summed E-state index contributed by atoms with van der Waals surface area (Å²) in [7, 11) is 2.15. The lowest BCUT2D eigenvalue weighted by atomic mass is 10.1. The molecule has 0 aliphatic carbocycles. The van der Waals surface area contributed by atoms with Crippen molar-refractivity contribution in [3.63, 3.8) is 0 Å². The summed E-state index contributed by atoms with van der Waals surface area (Å²) in [6.07, 6.45) is 6.65. The van der Waals surface area contributed by atoms with Gasteiger partial charge in [0.15, 0.2) is 0 Å². The number of aryl methyl sites for hydroxylation is 1. The van der Waals surface area contributed by atoms with Gasteiger partial charge in [-0.05, 0) is 57.5 Å². The highest BCUT2D eigenvalue weighted by molar-refractivity contribution is 5.89. The summed E-state index contributed by atoms with van der Waals surface area (Å²) in [5.41, 5.74) is 2.78. The molecular formula is C20H27N5O. The van der Waals surface area contributed by atoms with E-state index in [1.54, 1.807) is 6.20 Å². The van der Waals surface area contributed by atoms with E-state index in [2.05, 4.69) is 33.3 Å². The number of nitrogens with zero attached hydrogens (tertiary/aromatic N) is 4. The van der Waals surface area contributed by atoms with Crippen molar-refractivity contribution in [2.24, 2.45) is 0 Å². The first-order valence-corrected chi connectivity index (χ1v) is 9.20. The summed E-state index contributed by atoms with van der Waals surface area (Å²) in [4.78, 5) is 25.4. The predicted octanol–water partition coefficient (Wildman–Crippen LogP) is 3.30. The first kappa shape index (κ1) is 18.3. The molecule has 3 heterocycles. The molecule has 2 aromatic heterocycles. The highest BCUT2D eigenvalue weighted by Crippen LogP contribution is 2.18. The van der Waals surface area contributed by atoms with E-state index in [1.807, 2.05) is 42.3 Å². The van der Waals surface area contributed by atoms with Crippen LogP contribution in [0.15, 0.2) is 42.7 Å². The molecule has 6 nitrogen and oxygen atoms in total. The van der Waals surface area contributed by atoms with Crippen LogP contribution in [0.5, 0.6) is 0 Å². The average molecular weight is 353 g/mol. The zero-order valence-corrected chi connectivity index (χ0v) is 15.6. The maximum absolute atomic E-state index is 12.6. The van der Waals surface area contributed by atoms with Crippen molar-refractivity contribution in [1.82, 2.24) is 19.8 Å². The lowest BCUT2D eigenvalue weighted by molar-refractivity contribution is 0.200. The van der Waals surface area contributed by atoms with Gasteiger partial charge in [0.25, 0.3) is 0 Å². The number of urea groups is 1. The van der Waals surface area contributed by atoms with Gasteiger partial charge in [-0.2, -0.15) is 0 Å². The first-order chi connectivity index (χ1) is 12.6. The lowest BCUT2D eigenvalue weighted by Gasteiger charge is -2.27. The van der Waals surface area contributed by atoms with Crippen molar-refractivity contribution in [3.05, 3.63) is 54.1 Å². The molecule has 26 heavy (non-hydrogen) atoms. The van der Waals surface area contributed by atoms with Crippen LogP contribution in [0.2, 0.25) is 0 Å². The monoisotopic (exact) mass is 353 g/mol. The number of aromatic nitrogens is 2.